The van der Waals surface area contributed by atoms with Crippen molar-refractivity contribution in [3.8, 4) is 0 Å². The highest BCUT2D eigenvalue weighted by atomic mass is 32.2. The van der Waals surface area contributed by atoms with E-state index in [-0.39, 0.29) is 41.6 Å². The molecule has 3 heterocycles. The highest BCUT2D eigenvalue weighted by Crippen LogP contribution is 2.61. The maximum atomic E-state index is 12.7. The van der Waals surface area contributed by atoms with Crippen molar-refractivity contribution in [2.24, 2.45) is 5.41 Å². The van der Waals surface area contributed by atoms with Crippen molar-refractivity contribution >= 4 is 69.1 Å². The van der Waals surface area contributed by atoms with Gasteiger partial charge in [-0.2, -0.15) is 4.31 Å². The Morgan fingerprint density at radius 3 is 2.38 bits per heavy atom. The number of nitrogen functional groups attached to an aromatic ring is 1. The van der Waals surface area contributed by atoms with Gasteiger partial charge in [-0.15, -0.1) is 0 Å². The van der Waals surface area contributed by atoms with Crippen molar-refractivity contribution in [1.82, 2.24) is 30.2 Å². The molecule has 1 saturated heterocycles. The van der Waals surface area contributed by atoms with Crippen LogP contribution in [-0.4, -0.2) is 123 Å². The lowest BCUT2D eigenvalue weighted by Crippen LogP contribution is -2.46. The number of thioether (sulfide) groups is 1. The minimum absolute atomic E-state index is 0.0128. The number of aromatic nitrogens is 4. The first-order valence-corrected chi connectivity index (χ1v) is 24.8. The predicted molar refractivity (Wildman–Crippen MR) is 219 cm³/mol. The van der Waals surface area contributed by atoms with E-state index in [0.717, 1.165) is 41.8 Å². The molecule has 10 N–H and O–H groups in total. The Balaban J connectivity index is 1.39. The van der Waals surface area contributed by atoms with E-state index in [1.54, 1.807) is 0 Å². The molecule has 1 fully saturated rings. The van der Waals surface area contributed by atoms with Crippen LogP contribution in [0.5, 0.6) is 0 Å². The van der Waals surface area contributed by atoms with Crippen LogP contribution in [0.4, 0.5) is 5.82 Å². The molecular weight excluding hydrogens is 891 g/mol. The Kier molecular flexibility index (Phi) is 21.0. The van der Waals surface area contributed by atoms with Gasteiger partial charge in [0, 0.05) is 37.1 Å². The first-order valence-electron chi connectivity index (χ1n) is 19.3. The van der Waals surface area contributed by atoms with Crippen molar-refractivity contribution in [2.75, 3.05) is 37.8 Å². The number of aliphatic hydroxyl groups excluding tert-OH is 2. The summed E-state index contributed by atoms with van der Waals surface area (Å²) in [5, 5.41) is 26.5. The first-order chi connectivity index (χ1) is 28.6. The summed E-state index contributed by atoms with van der Waals surface area (Å²) >= 11 is 1.11. The number of amides is 2. The fourth-order valence-corrected chi connectivity index (χ4v) is 9.19. The van der Waals surface area contributed by atoms with Gasteiger partial charge in [0.1, 0.15) is 36.3 Å². The third kappa shape index (κ3) is 18.1. The molecule has 24 nitrogen and oxygen atoms in total. The minimum Gasteiger partial charge on any atom is -0.386 e. The summed E-state index contributed by atoms with van der Waals surface area (Å²) in [5.41, 5.74) is 4.27. The molecule has 346 valence electrons. The number of carbonyl (C=O) groups is 3. The molecule has 0 radical (unpaired) electrons. The van der Waals surface area contributed by atoms with Crippen LogP contribution in [0.3, 0.4) is 0 Å². The summed E-state index contributed by atoms with van der Waals surface area (Å²) < 4.78 is 62.3. The smallest absolute Gasteiger partial charge is 0.386 e. The van der Waals surface area contributed by atoms with Crippen LogP contribution in [0.15, 0.2) is 24.8 Å². The lowest BCUT2D eigenvalue weighted by molar-refractivity contribution is -0.137. The molecule has 0 spiro atoms. The average Bonchev–Trinajstić information content (AvgIpc) is 3.73. The molecule has 7 atom stereocenters. The second-order valence-corrected chi connectivity index (χ2v) is 19.9. The monoisotopic (exact) mass is 947 g/mol. The van der Waals surface area contributed by atoms with E-state index >= 15 is 0 Å². The zero-order valence-electron chi connectivity index (χ0n) is 33.9. The summed E-state index contributed by atoms with van der Waals surface area (Å²) in [7, 11) is -16.4. The van der Waals surface area contributed by atoms with Gasteiger partial charge in [-0.3, -0.25) is 32.5 Å². The molecular formula is C33H56N7O17P3S. The van der Waals surface area contributed by atoms with Gasteiger partial charge in [0.2, 0.25) is 11.8 Å². The Morgan fingerprint density at radius 1 is 0.984 bits per heavy atom. The average molecular weight is 948 g/mol. The number of phosphoric acid groups is 3. The molecule has 1 aliphatic heterocycles. The molecule has 2 amide bonds. The Bertz CT molecular complexity index is 1940. The number of carbonyl (C=O) groups excluding carboxylic acids is 3. The number of ether oxygens (including phenoxy) is 1. The Labute approximate surface area is 356 Å². The van der Waals surface area contributed by atoms with Gasteiger partial charge in [-0.05, 0) is 19.3 Å². The summed E-state index contributed by atoms with van der Waals surface area (Å²) in [6.07, 6.45) is 5.32. The van der Waals surface area contributed by atoms with Gasteiger partial charge in [0.25, 0.3) is 0 Å². The van der Waals surface area contributed by atoms with Crippen molar-refractivity contribution in [1.29, 1.82) is 0 Å². The summed E-state index contributed by atoms with van der Waals surface area (Å²) in [6, 6.07) is 0. The number of nitrogens with zero attached hydrogens (tertiary/aromatic N) is 4. The van der Waals surface area contributed by atoms with E-state index in [0.29, 0.717) is 18.6 Å². The molecule has 0 aliphatic carbocycles. The fraction of sp³-hybridized carbons (Fsp3) is 0.697. The first kappa shape index (κ1) is 52.6. The van der Waals surface area contributed by atoms with Crippen molar-refractivity contribution < 1.29 is 80.5 Å². The quantitative estimate of drug-likeness (QED) is 0.0336. The second-order valence-electron chi connectivity index (χ2n) is 14.5. The predicted octanol–water partition coefficient (Wildman–Crippen LogP) is 2.36. The summed E-state index contributed by atoms with van der Waals surface area (Å²) in [5.74, 6) is -1.07. The van der Waals surface area contributed by atoms with E-state index < -0.39 is 84.6 Å². The van der Waals surface area contributed by atoms with Crippen molar-refractivity contribution in [3.63, 3.8) is 0 Å². The van der Waals surface area contributed by atoms with E-state index in [2.05, 4.69) is 47.4 Å². The third-order valence-electron chi connectivity index (χ3n) is 8.92. The van der Waals surface area contributed by atoms with Crippen LogP contribution in [-0.2, 0) is 50.7 Å². The van der Waals surface area contributed by atoms with Gasteiger partial charge in [-0.1, -0.05) is 70.4 Å². The minimum atomic E-state index is -5.57. The van der Waals surface area contributed by atoms with Gasteiger partial charge in [0.05, 0.1) is 19.5 Å². The van der Waals surface area contributed by atoms with Crippen LogP contribution >= 0.6 is 35.2 Å². The van der Waals surface area contributed by atoms with Crippen LogP contribution < -0.4 is 16.4 Å². The van der Waals surface area contributed by atoms with Crippen LogP contribution in [0, 0.1) is 5.41 Å². The molecule has 0 aromatic carbocycles. The Hall–Kier alpha value is -2.70. The molecule has 2 aromatic rings. The van der Waals surface area contributed by atoms with E-state index in [4.69, 9.17) is 19.5 Å². The van der Waals surface area contributed by atoms with E-state index in [1.807, 2.05) is 6.08 Å². The number of imidazole rings is 1. The maximum Gasteiger partial charge on any atom is 0.481 e. The number of anilines is 1. The van der Waals surface area contributed by atoms with Crippen LogP contribution in [0.2, 0.25) is 0 Å². The van der Waals surface area contributed by atoms with Gasteiger partial charge in [0.15, 0.2) is 22.8 Å². The van der Waals surface area contributed by atoms with Crippen LogP contribution in [0.25, 0.3) is 11.2 Å². The molecule has 1 aliphatic rings. The number of phosphoric ester groups is 3. The molecule has 7 unspecified atom stereocenters. The van der Waals surface area contributed by atoms with Crippen molar-refractivity contribution in [3.05, 3.63) is 24.8 Å². The number of fused-ring (bicyclic) bond motifs is 1. The molecule has 0 saturated carbocycles. The van der Waals surface area contributed by atoms with E-state index in [1.165, 1.54) is 39.5 Å². The number of hydrogen-bond acceptors (Lipinski definition) is 18. The SMILES string of the molecule is CCCCCCC/C=C/CCC(=O)SCCNC(=O)CCNC(=O)C(O)C(C)(C)COP(=O)(O)OP(=O)(O)OCC1OC(n2cnc3c(N)ncnc32)C(O)C1OP(=O)(O)O. The molecule has 61 heavy (non-hydrogen) atoms. The van der Waals surface area contributed by atoms with Gasteiger partial charge < -0.3 is 50.9 Å². The highest BCUT2D eigenvalue weighted by Gasteiger charge is 2.50. The number of rotatable bonds is 28. The highest BCUT2D eigenvalue weighted by molar-refractivity contribution is 8.13. The van der Waals surface area contributed by atoms with Crippen molar-refractivity contribution in [2.45, 2.75) is 109 Å². The molecule has 28 heteroatoms. The van der Waals surface area contributed by atoms with E-state index in [9.17, 15) is 57.9 Å². The second kappa shape index (κ2) is 24.4. The van der Waals surface area contributed by atoms with Crippen LogP contribution in [0.1, 0.15) is 84.8 Å². The summed E-state index contributed by atoms with van der Waals surface area (Å²) in [6.45, 7) is 2.71. The number of hydrogen-bond donors (Lipinski definition) is 9. The standard InChI is InChI=1S/C33H56N7O17P3S/c1-4-5-6-7-8-9-10-11-12-13-24(42)61-17-16-35-23(41)14-15-36-31(45)28(44)33(2,3)19-54-60(51,52)57-59(49,50)53-18-22-27(56-58(46,47)48)26(43)32(55-22)40-21-39-25-29(34)37-20-38-30(25)40/h10-11,20-22,26-28,32,43-44H,4-9,12-19H2,1-3H3,(H,35,41)(H,36,45)(H,49,50)(H,51,52)(H2,34,37,38)(H2,46,47,48)/b11-10+. The number of allylic oxidation sites excluding steroid dienone is 2. The fourth-order valence-electron chi connectivity index (χ4n) is 5.67. The third-order valence-corrected chi connectivity index (χ3v) is 13.0. The Morgan fingerprint density at radius 2 is 1.67 bits per heavy atom. The van der Waals surface area contributed by atoms with Gasteiger partial charge >= 0.3 is 23.5 Å². The molecule has 2 aromatic heterocycles. The topological polar surface area (TPSA) is 364 Å². The zero-order valence-corrected chi connectivity index (χ0v) is 37.4. The molecule has 3 rings (SSSR count). The maximum absolute atomic E-state index is 12.7. The zero-order chi connectivity index (χ0) is 45.4. The summed E-state index contributed by atoms with van der Waals surface area (Å²) in [4.78, 5) is 87.9. The number of nitrogens with two attached hydrogens (primary N) is 1. The molecule has 0 bridgehead atoms. The normalized spacial score (nSPS) is 21.0. The lowest BCUT2D eigenvalue weighted by atomic mass is 9.87. The number of aliphatic hydroxyl groups is 2. The number of unbranched alkanes of at least 4 members (excludes halogenated alkanes) is 5. The number of nitrogens with one attached hydrogen (secondary N) is 2. The largest absolute Gasteiger partial charge is 0.481 e. The van der Waals surface area contributed by atoms with Gasteiger partial charge in [-0.25, -0.2) is 28.6 Å². The lowest BCUT2D eigenvalue weighted by Gasteiger charge is -2.30.